The van der Waals surface area contributed by atoms with Crippen LogP contribution in [0, 0.1) is 0 Å². The molecule has 2 aromatic heterocycles. The first-order valence-electron chi connectivity index (χ1n) is 8.32. The van der Waals surface area contributed by atoms with Crippen LogP contribution >= 0.6 is 0 Å². The summed E-state index contributed by atoms with van der Waals surface area (Å²) in [6.45, 7) is 4.39. The number of para-hydroxylation sites is 1. The van der Waals surface area contributed by atoms with Gasteiger partial charge in [-0.2, -0.15) is 5.10 Å². The predicted octanol–water partition coefficient (Wildman–Crippen LogP) is 3.25. The lowest BCUT2D eigenvalue weighted by atomic mass is 10.1. The summed E-state index contributed by atoms with van der Waals surface area (Å²) in [6, 6.07) is 13.0. The van der Waals surface area contributed by atoms with E-state index in [1.165, 1.54) is 0 Å². The second-order valence-electron chi connectivity index (χ2n) is 5.78. The smallest absolute Gasteiger partial charge is 0.287 e. The highest BCUT2D eigenvalue weighted by molar-refractivity contribution is 5.91. The number of nitrogens with one attached hydrogen (secondary N) is 1. The number of furan rings is 1. The number of aryl methyl sites for hydroxylation is 1. The van der Waals surface area contributed by atoms with E-state index in [0.29, 0.717) is 12.3 Å². The molecule has 1 aromatic carbocycles. The molecule has 3 rings (SSSR count). The van der Waals surface area contributed by atoms with E-state index in [0.717, 1.165) is 23.4 Å². The number of ether oxygens (including phenoxy) is 1. The Morgan fingerprint density at radius 2 is 2.15 bits per heavy atom. The van der Waals surface area contributed by atoms with Gasteiger partial charge in [0.15, 0.2) is 5.76 Å². The zero-order chi connectivity index (χ0) is 18.4. The summed E-state index contributed by atoms with van der Waals surface area (Å²) in [4.78, 5) is 12.2. The molecular weight excluding hydrogens is 330 g/mol. The van der Waals surface area contributed by atoms with Crippen molar-refractivity contribution in [2.75, 3.05) is 0 Å². The molecule has 0 fully saturated rings. The maximum atomic E-state index is 12.2. The number of nitrogens with zero attached hydrogens (tertiary/aromatic N) is 2. The number of benzene rings is 1. The fourth-order valence-corrected chi connectivity index (χ4v) is 2.53. The number of allylic oxidation sites excluding steroid dienone is 1. The fourth-order valence-electron chi connectivity index (χ4n) is 2.53. The van der Waals surface area contributed by atoms with Gasteiger partial charge in [0.2, 0.25) is 0 Å². The largest absolute Gasteiger partial charge is 0.485 e. The Kier molecular flexibility index (Phi) is 5.53. The van der Waals surface area contributed by atoms with Crippen LogP contribution < -0.4 is 10.1 Å². The standard InChI is InChI=1S/C20H21N3O3/c1-3-6-15-7-4-5-8-18(15)25-14-17-9-10-19(26-17)20(24)21-13-16-11-12-22-23(16)2/h3-5,7-12H,1,6,13-14H2,2H3,(H,21,24). The minimum Gasteiger partial charge on any atom is -0.485 e. The summed E-state index contributed by atoms with van der Waals surface area (Å²) in [5.74, 6) is 1.35. The molecule has 0 spiro atoms. The molecular formula is C20H21N3O3. The first-order chi connectivity index (χ1) is 12.7. The van der Waals surface area contributed by atoms with Gasteiger partial charge in [0, 0.05) is 13.2 Å². The minimum absolute atomic E-state index is 0.253. The molecule has 0 aliphatic carbocycles. The third kappa shape index (κ3) is 4.22. The molecule has 0 unspecified atom stereocenters. The van der Waals surface area contributed by atoms with Gasteiger partial charge in [0.05, 0.1) is 12.2 Å². The molecule has 0 aliphatic heterocycles. The maximum absolute atomic E-state index is 12.2. The van der Waals surface area contributed by atoms with Crippen molar-refractivity contribution in [1.82, 2.24) is 15.1 Å². The van der Waals surface area contributed by atoms with Crippen LogP contribution in [0.4, 0.5) is 0 Å². The Balaban J connectivity index is 1.57. The summed E-state index contributed by atoms with van der Waals surface area (Å²) in [7, 11) is 1.83. The Labute approximate surface area is 152 Å². The van der Waals surface area contributed by atoms with Crippen molar-refractivity contribution in [3.05, 3.63) is 84.1 Å². The van der Waals surface area contributed by atoms with Crippen LogP contribution in [-0.4, -0.2) is 15.7 Å². The average Bonchev–Trinajstić information content (AvgIpc) is 3.28. The van der Waals surface area contributed by atoms with Crippen molar-refractivity contribution in [1.29, 1.82) is 0 Å². The molecule has 3 aromatic rings. The van der Waals surface area contributed by atoms with E-state index < -0.39 is 0 Å². The highest BCUT2D eigenvalue weighted by atomic mass is 16.5. The van der Waals surface area contributed by atoms with Crippen LogP contribution in [-0.2, 0) is 26.6 Å². The zero-order valence-corrected chi connectivity index (χ0v) is 14.6. The number of hydrogen-bond donors (Lipinski definition) is 1. The number of hydrogen-bond acceptors (Lipinski definition) is 4. The van der Waals surface area contributed by atoms with Gasteiger partial charge in [-0.15, -0.1) is 6.58 Å². The van der Waals surface area contributed by atoms with E-state index in [-0.39, 0.29) is 18.3 Å². The van der Waals surface area contributed by atoms with Crippen molar-refractivity contribution in [2.24, 2.45) is 7.05 Å². The van der Waals surface area contributed by atoms with Crippen molar-refractivity contribution in [3.8, 4) is 5.75 Å². The molecule has 2 heterocycles. The van der Waals surface area contributed by atoms with Gasteiger partial charge in [-0.25, -0.2) is 0 Å². The second kappa shape index (κ2) is 8.20. The topological polar surface area (TPSA) is 69.3 Å². The van der Waals surface area contributed by atoms with Crippen molar-refractivity contribution < 1.29 is 13.9 Å². The van der Waals surface area contributed by atoms with Crippen molar-refractivity contribution in [3.63, 3.8) is 0 Å². The van der Waals surface area contributed by atoms with Gasteiger partial charge < -0.3 is 14.5 Å². The van der Waals surface area contributed by atoms with Crippen molar-refractivity contribution >= 4 is 5.91 Å². The molecule has 0 saturated heterocycles. The third-order valence-electron chi connectivity index (χ3n) is 3.94. The molecule has 0 saturated carbocycles. The van der Waals surface area contributed by atoms with Crippen molar-refractivity contribution in [2.45, 2.75) is 19.6 Å². The summed E-state index contributed by atoms with van der Waals surface area (Å²) < 4.78 is 13.1. The number of carbonyl (C=O) groups excluding carboxylic acids is 1. The Morgan fingerprint density at radius 1 is 1.31 bits per heavy atom. The van der Waals surface area contributed by atoms with Crippen LogP contribution in [0.1, 0.15) is 27.6 Å². The maximum Gasteiger partial charge on any atom is 0.287 e. The van der Waals surface area contributed by atoms with E-state index >= 15 is 0 Å². The normalized spacial score (nSPS) is 10.5. The summed E-state index contributed by atoms with van der Waals surface area (Å²) in [5, 5.41) is 6.87. The SMILES string of the molecule is C=CCc1ccccc1OCc1ccc(C(=O)NCc2ccnn2C)o1. The van der Waals surface area contributed by atoms with Gasteiger partial charge in [-0.1, -0.05) is 24.3 Å². The van der Waals surface area contributed by atoms with Crippen LogP contribution in [0.5, 0.6) is 5.75 Å². The monoisotopic (exact) mass is 351 g/mol. The molecule has 6 heteroatoms. The lowest BCUT2D eigenvalue weighted by molar-refractivity contribution is 0.0918. The lowest BCUT2D eigenvalue weighted by Crippen LogP contribution is -2.23. The number of aromatic nitrogens is 2. The van der Waals surface area contributed by atoms with E-state index in [4.69, 9.17) is 9.15 Å². The van der Waals surface area contributed by atoms with Crippen LogP contribution in [0.3, 0.4) is 0 Å². The zero-order valence-electron chi connectivity index (χ0n) is 14.6. The average molecular weight is 351 g/mol. The number of rotatable bonds is 8. The summed E-state index contributed by atoms with van der Waals surface area (Å²) in [6.07, 6.45) is 4.25. The van der Waals surface area contributed by atoms with Gasteiger partial charge in [-0.3, -0.25) is 9.48 Å². The van der Waals surface area contributed by atoms with Gasteiger partial charge in [-0.05, 0) is 36.2 Å². The van der Waals surface area contributed by atoms with Gasteiger partial charge >= 0.3 is 0 Å². The Hall–Kier alpha value is -3.28. The fraction of sp³-hybridized carbons (Fsp3) is 0.200. The summed E-state index contributed by atoms with van der Waals surface area (Å²) in [5.41, 5.74) is 1.97. The number of amides is 1. The van der Waals surface area contributed by atoms with E-state index in [1.54, 1.807) is 23.0 Å². The molecule has 26 heavy (non-hydrogen) atoms. The Morgan fingerprint density at radius 3 is 2.92 bits per heavy atom. The minimum atomic E-state index is -0.274. The van der Waals surface area contributed by atoms with Gasteiger partial charge in [0.25, 0.3) is 5.91 Å². The molecule has 1 amide bonds. The van der Waals surface area contributed by atoms with E-state index in [1.807, 2.05) is 43.5 Å². The highest BCUT2D eigenvalue weighted by Gasteiger charge is 2.12. The molecule has 0 bridgehead atoms. The molecule has 6 nitrogen and oxygen atoms in total. The lowest BCUT2D eigenvalue weighted by Gasteiger charge is -2.09. The summed E-state index contributed by atoms with van der Waals surface area (Å²) >= 11 is 0. The van der Waals surface area contributed by atoms with Crippen LogP contribution in [0.15, 0.2) is 65.7 Å². The quantitative estimate of drug-likeness (QED) is 0.633. The first-order valence-corrected chi connectivity index (χ1v) is 8.32. The number of carbonyl (C=O) groups is 1. The van der Waals surface area contributed by atoms with Gasteiger partial charge in [0.1, 0.15) is 18.1 Å². The molecule has 134 valence electrons. The second-order valence-corrected chi connectivity index (χ2v) is 5.78. The Bertz CT molecular complexity index is 895. The molecule has 0 aliphatic rings. The van der Waals surface area contributed by atoms with E-state index in [9.17, 15) is 4.79 Å². The molecule has 1 N–H and O–H groups in total. The molecule has 0 atom stereocenters. The van der Waals surface area contributed by atoms with Crippen LogP contribution in [0.2, 0.25) is 0 Å². The molecule has 0 radical (unpaired) electrons. The highest BCUT2D eigenvalue weighted by Crippen LogP contribution is 2.20. The van der Waals surface area contributed by atoms with E-state index in [2.05, 4.69) is 17.0 Å². The van der Waals surface area contributed by atoms with Crippen LogP contribution in [0.25, 0.3) is 0 Å². The third-order valence-corrected chi connectivity index (χ3v) is 3.94. The first kappa shape index (κ1) is 17.5. The predicted molar refractivity (Wildman–Crippen MR) is 97.8 cm³/mol.